The molecule has 0 radical (unpaired) electrons. The first-order valence-electron chi connectivity index (χ1n) is 9.26. The van der Waals surface area contributed by atoms with E-state index in [1.165, 1.54) is 16.6 Å². The van der Waals surface area contributed by atoms with E-state index in [-0.39, 0.29) is 30.3 Å². The van der Waals surface area contributed by atoms with Gasteiger partial charge in [-0.05, 0) is 41.3 Å². The van der Waals surface area contributed by atoms with Crippen LogP contribution in [0, 0.1) is 0 Å². The van der Waals surface area contributed by atoms with Crippen molar-refractivity contribution in [3.8, 4) is 5.75 Å². The summed E-state index contributed by atoms with van der Waals surface area (Å²) in [5, 5.41) is 21.4. The molecule has 11 heteroatoms. The topological polar surface area (TPSA) is 137 Å². The Bertz CT molecular complexity index is 1130. The monoisotopic (exact) mass is 465 g/mol. The van der Waals surface area contributed by atoms with E-state index >= 15 is 0 Å². The van der Waals surface area contributed by atoms with E-state index in [4.69, 9.17) is 16.7 Å². The molecular weight excluding hydrogens is 446 g/mol. The summed E-state index contributed by atoms with van der Waals surface area (Å²) in [4.78, 5) is 26.3. The molecule has 164 valence electrons. The molecule has 0 fully saturated rings. The number of pyridine rings is 1. The predicted octanol–water partition coefficient (Wildman–Crippen LogP) is 1.87. The van der Waals surface area contributed by atoms with E-state index in [1.54, 1.807) is 30.3 Å². The normalized spacial score (nSPS) is 14.7. The molecule has 9 nitrogen and oxygen atoms in total. The minimum Gasteiger partial charge on any atom is -0.505 e. The molecule has 0 aliphatic carbocycles. The fourth-order valence-corrected chi connectivity index (χ4v) is 4.68. The second-order valence-electron chi connectivity index (χ2n) is 6.89. The van der Waals surface area contributed by atoms with Crippen LogP contribution in [0.15, 0.2) is 42.6 Å². The standard InChI is InChI=1S/C20H20ClN3O6S/c21-16-3-1-13(2-4-16)12-31(29,30)24-7-5-14(6-8-24)15-9-17(25)19(22-10-15)20(28)23-11-18(26)27/h1-5,9-10,25H,6-8,11-12H2,(H,23,28)(H,26,27). The Kier molecular flexibility index (Phi) is 6.94. The molecule has 0 unspecified atom stereocenters. The number of rotatable bonds is 7. The lowest BCUT2D eigenvalue weighted by atomic mass is 10.0. The number of hydrogen-bond acceptors (Lipinski definition) is 6. The molecule has 0 spiro atoms. The number of benzene rings is 1. The highest BCUT2D eigenvalue weighted by atomic mass is 35.5. The minimum atomic E-state index is -3.51. The van der Waals surface area contributed by atoms with Crippen molar-refractivity contribution in [2.75, 3.05) is 19.6 Å². The molecule has 1 aliphatic rings. The number of nitrogens with zero attached hydrogens (tertiary/aromatic N) is 2. The zero-order valence-corrected chi connectivity index (χ0v) is 17.9. The third-order valence-corrected chi connectivity index (χ3v) is 6.75. The zero-order valence-electron chi connectivity index (χ0n) is 16.3. The summed E-state index contributed by atoms with van der Waals surface area (Å²) in [6, 6.07) is 7.99. The first-order valence-corrected chi connectivity index (χ1v) is 11.2. The van der Waals surface area contributed by atoms with Gasteiger partial charge in [0.1, 0.15) is 12.3 Å². The lowest BCUT2D eigenvalue weighted by Gasteiger charge is -2.26. The maximum atomic E-state index is 12.7. The van der Waals surface area contributed by atoms with Crippen molar-refractivity contribution in [2.24, 2.45) is 0 Å². The van der Waals surface area contributed by atoms with Crippen molar-refractivity contribution in [1.29, 1.82) is 0 Å². The van der Waals surface area contributed by atoms with Crippen LogP contribution in [0.2, 0.25) is 5.02 Å². The number of hydrogen-bond donors (Lipinski definition) is 3. The number of aromatic nitrogens is 1. The minimum absolute atomic E-state index is 0.129. The number of halogens is 1. The summed E-state index contributed by atoms with van der Waals surface area (Å²) >= 11 is 5.84. The first kappa shape index (κ1) is 22.7. The number of sulfonamides is 1. The quantitative estimate of drug-likeness (QED) is 0.567. The molecule has 0 bridgehead atoms. The summed E-state index contributed by atoms with van der Waals surface area (Å²) in [7, 11) is -3.51. The van der Waals surface area contributed by atoms with Gasteiger partial charge in [-0.15, -0.1) is 0 Å². The molecule has 1 aliphatic heterocycles. The van der Waals surface area contributed by atoms with Crippen molar-refractivity contribution in [2.45, 2.75) is 12.2 Å². The molecule has 3 N–H and O–H groups in total. The fraction of sp³-hybridized carbons (Fsp3) is 0.250. The van der Waals surface area contributed by atoms with Crippen molar-refractivity contribution in [3.63, 3.8) is 0 Å². The number of carboxylic acid groups (broad SMARTS) is 1. The molecule has 0 saturated carbocycles. The highest BCUT2D eigenvalue weighted by Crippen LogP contribution is 2.27. The van der Waals surface area contributed by atoms with Crippen molar-refractivity contribution in [1.82, 2.24) is 14.6 Å². The van der Waals surface area contributed by atoms with Gasteiger partial charge in [0.25, 0.3) is 5.91 Å². The average molecular weight is 466 g/mol. The second-order valence-corrected chi connectivity index (χ2v) is 9.29. The van der Waals surface area contributed by atoms with E-state index in [0.717, 1.165) is 5.57 Å². The van der Waals surface area contributed by atoms with Gasteiger partial charge in [-0.3, -0.25) is 9.59 Å². The van der Waals surface area contributed by atoms with E-state index in [1.807, 2.05) is 0 Å². The number of carboxylic acids is 1. The number of carbonyl (C=O) groups excluding carboxylic acids is 1. The van der Waals surface area contributed by atoms with E-state index < -0.39 is 28.4 Å². The largest absolute Gasteiger partial charge is 0.505 e. The maximum Gasteiger partial charge on any atom is 0.322 e. The van der Waals surface area contributed by atoms with Crippen LogP contribution in [-0.4, -0.2) is 59.4 Å². The summed E-state index contributed by atoms with van der Waals surface area (Å²) in [6.45, 7) is -0.149. The molecule has 0 atom stereocenters. The van der Waals surface area contributed by atoms with Gasteiger partial charge in [0.2, 0.25) is 10.0 Å². The van der Waals surface area contributed by atoms with Crippen LogP contribution >= 0.6 is 11.6 Å². The Labute approximate surface area is 184 Å². The van der Waals surface area contributed by atoms with Gasteiger partial charge < -0.3 is 15.5 Å². The van der Waals surface area contributed by atoms with E-state index in [0.29, 0.717) is 22.6 Å². The van der Waals surface area contributed by atoms with Crippen molar-refractivity contribution < 1.29 is 28.2 Å². The van der Waals surface area contributed by atoms with Crippen LogP contribution in [0.3, 0.4) is 0 Å². The number of aromatic hydroxyl groups is 1. The number of nitrogens with one attached hydrogen (secondary N) is 1. The Morgan fingerprint density at radius 3 is 2.52 bits per heavy atom. The van der Waals surface area contributed by atoms with Gasteiger partial charge >= 0.3 is 5.97 Å². The van der Waals surface area contributed by atoms with Gasteiger partial charge in [-0.2, -0.15) is 4.31 Å². The zero-order chi connectivity index (χ0) is 22.6. The van der Waals surface area contributed by atoms with Crippen LogP contribution in [0.4, 0.5) is 0 Å². The summed E-state index contributed by atoms with van der Waals surface area (Å²) in [5.41, 5.74) is 1.71. The van der Waals surface area contributed by atoms with Crippen LogP contribution < -0.4 is 5.32 Å². The molecule has 3 rings (SSSR count). The molecule has 1 aromatic heterocycles. The van der Waals surface area contributed by atoms with Crippen LogP contribution in [-0.2, 0) is 20.6 Å². The molecular formula is C20H20ClN3O6S. The number of carbonyl (C=O) groups is 2. The highest BCUT2D eigenvalue weighted by molar-refractivity contribution is 7.88. The summed E-state index contributed by atoms with van der Waals surface area (Å²) in [6.07, 6.45) is 3.54. The Balaban J connectivity index is 1.68. The van der Waals surface area contributed by atoms with Gasteiger partial charge in [-0.25, -0.2) is 13.4 Å². The Morgan fingerprint density at radius 2 is 1.94 bits per heavy atom. The van der Waals surface area contributed by atoms with E-state index in [9.17, 15) is 23.1 Å². The lowest BCUT2D eigenvalue weighted by molar-refractivity contribution is -0.135. The van der Waals surface area contributed by atoms with Gasteiger partial charge in [0, 0.05) is 24.3 Å². The third-order valence-electron chi connectivity index (χ3n) is 4.68. The van der Waals surface area contributed by atoms with Crippen molar-refractivity contribution >= 4 is 39.1 Å². The van der Waals surface area contributed by atoms with Crippen LogP contribution in [0.1, 0.15) is 28.0 Å². The predicted molar refractivity (Wildman–Crippen MR) is 114 cm³/mol. The summed E-state index contributed by atoms with van der Waals surface area (Å²) < 4.78 is 26.8. The van der Waals surface area contributed by atoms with Crippen LogP contribution in [0.5, 0.6) is 5.75 Å². The lowest BCUT2D eigenvalue weighted by Crippen LogP contribution is -2.35. The fourth-order valence-electron chi connectivity index (χ4n) is 3.09. The highest BCUT2D eigenvalue weighted by Gasteiger charge is 2.25. The summed E-state index contributed by atoms with van der Waals surface area (Å²) in [5.74, 6) is -2.54. The molecule has 2 heterocycles. The van der Waals surface area contributed by atoms with Gasteiger partial charge in [-0.1, -0.05) is 29.8 Å². The molecule has 1 aromatic carbocycles. The second kappa shape index (κ2) is 9.46. The first-order chi connectivity index (χ1) is 14.7. The molecule has 1 amide bonds. The van der Waals surface area contributed by atoms with Crippen LogP contribution in [0.25, 0.3) is 5.57 Å². The molecule has 0 saturated heterocycles. The molecule has 2 aromatic rings. The smallest absolute Gasteiger partial charge is 0.322 e. The average Bonchev–Trinajstić information content (AvgIpc) is 2.73. The van der Waals surface area contributed by atoms with E-state index in [2.05, 4.69) is 10.3 Å². The van der Waals surface area contributed by atoms with Gasteiger partial charge in [0.05, 0.1) is 5.75 Å². The van der Waals surface area contributed by atoms with Crippen molar-refractivity contribution in [3.05, 3.63) is 64.4 Å². The SMILES string of the molecule is O=C(O)CNC(=O)c1ncc(C2=CCN(S(=O)(=O)Cc3ccc(Cl)cc3)CC2)cc1O. The number of amides is 1. The number of aliphatic carboxylic acids is 1. The Hall–Kier alpha value is -2.95. The molecule has 31 heavy (non-hydrogen) atoms. The van der Waals surface area contributed by atoms with Gasteiger partial charge in [0.15, 0.2) is 5.69 Å². The third kappa shape index (κ3) is 5.81. The Morgan fingerprint density at radius 1 is 1.23 bits per heavy atom. The maximum absolute atomic E-state index is 12.7.